The van der Waals surface area contributed by atoms with Crippen LogP contribution in [0.1, 0.15) is 27.3 Å². The molecular weight excluding hydrogens is 312 g/mol. The van der Waals surface area contributed by atoms with Gasteiger partial charge in [0, 0.05) is 37.6 Å². The molecule has 0 fully saturated rings. The molecule has 23 heavy (non-hydrogen) atoms. The minimum absolute atomic E-state index is 0.116. The molecule has 0 aliphatic carbocycles. The second-order valence-corrected chi connectivity index (χ2v) is 6.12. The third kappa shape index (κ3) is 2.72. The molecule has 0 aliphatic heterocycles. The molecule has 0 bridgehead atoms. The Bertz CT molecular complexity index is 907. The topological polar surface area (TPSA) is 51.9 Å². The molecule has 0 unspecified atom stereocenters. The Labute approximate surface area is 139 Å². The van der Waals surface area contributed by atoms with Gasteiger partial charge < -0.3 is 14.5 Å². The van der Waals surface area contributed by atoms with Gasteiger partial charge in [0.1, 0.15) is 0 Å². The zero-order valence-electron chi connectivity index (χ0n) is 13.6. The lowest BCUT2D eigenvalue weighted by Crippen LogP contribution is -2.23. The van der Waals surface area contributed by atoms with Crippen molar-refractivity contribution in [1.29, 1.82) is 0 Å². The van der Waals surface area contributed by atoms with Crippen LogP contribution >= 0.6 is 11.6 Å². The first-order chi connectivity index (χ1) is 10.9. The summed E-state index contributed by atoms with van der Waals surface area (Å²) in [6.45, 7) is 4.61. The van der Waals surface area contributed by atoms with Gasteiger partial charge in [-0.1, -0.05) is 0 Å². The standard InChI is InChI=1S/C17H19ClN4O/c1-10-7-13(11(2)21(10)3)9-19-16(23)12-5-6-15-14(8-12)20-17(18)22(15)4/h5-8H,9H2,1-4H3,(H,19,23). The van der Waals surface area contributed by atoms with Gasteiger partial charge >= 0.3 is 0 Å². The van der Waals surface area contributed by atoms with Gasteiger partial charge in [-0.25, -0.2) is 4.98 Å². The van der Waals surface area contributed by atoms with Gasteiger partial charge in [0.05, 0.1) is 11.0 Å². The van der Waals surface area contributed by atoms with Crippen LogP contribution in [0.2, 0.25) is 5.28 Å². The molecule has 2 heterocycles. The monoisotopic (exact) mass is 330 g/mol. The number of carbonyl (C=O) groups excluding carboxylic acids is 1. The Kier molecular flexibility index (Phi) is 3.90. The molecule has 3 rings (SSSR count). The van der Waals surface area contributed by atoms with E-state index in [-0.39, 0.29) is 5.91 Å². The molecule has 0 radical (unpaired) electrons. The van der Waals surface area contributed by atoms with Crippen LogP contribution in [0, 0.1) is 13.8 Å². The minimum atomic E-state index is -0.116. The van der Waals surface area contributed by atoms with Crippen LogP contribution in [-0.2, 0) is 20.6 Å². The van der Waals surface area contributed by atoms with Crippen LogP contribution < -0.4 is 5.32 Å². The number of imidazole rings is 1. The number of carbonyl (C=O) groups is 1. The van der Waals surface area contributed by atoms with E-state index < -0.39 is 0 Å². The number of rotatable bonds is 3. The van der Waals surface area contributed by atoms with Crippen LogP contribution in [0.15, 0.2) is 24.3 Å². The van der Waals surface area contributed by atoms with Gasteiger partial charge in [0.25, 0.3) is 5.91 Å². The molecule has 0 aliphatic rings. The number of amides is 1. The molecule has 3 aromatic rings. The van der Waals surface area contributed by atoms with Crippen molar-refractivity contribution < 1.29 is 4.79 Å². The van der Waals surface area contributed by atoms with E-state index in [2.05, 4.69) is 34.8 Å². The zero-order valence-corrected chi connectivity index (χ0v) is 14.4. The van der Waals surface area contributed by atoms with E-state index in [0.717, 1.165) is 22.3 Å². The molecule has 5 nitrogen and oxygen atoms in total. The van der Waals surface area contributed by atoms with Crippen LogP contribution in [-0.4, -0.2) is 20.0 Å². The van der Waals surface area contributed by atoms with E-state index in [1.807, 2.05) is 20.2 Å². The highest BCUT2D eigenvalue weighted by Gasteiger charge is 2.12. The number of hydrogen-bond donors (Lipinski definition) is 1. The molecule has 0 atom stereocenters. The summed E-state index contributed by atoms with van der Waals surface area (Å²) in [5, 5.41) is 3.37. The average Bonchev–Trinajstić information content (AvgIpc) is 2.95. The summed E-state index contributed by atoms with van der Waals surface area (Å²) in [6, 6.07) is 7.51. The predicted octanol–water partition coefficient (Wildman–Crippen LogP) is 3.11. The Morgan fingerprint density at radius 1 is 1.22 bits per heavy atom. The fraction of sp³-hybridized carbons (Fsp3) is 0.294. The zero-order chi connectivity index (χ0) is 16.7. The maximum atomic E-state index is 12.4. The highest BCUT2D eigenvalue weighted by Crippen LogP contribution is 2.20. The third-order valence-electron chi connectivity index (χ3n) is 4.41. The third-order valence-corrected chi connectivity index (χ3v) is 4.75. The molecule has 2 aromatic heterocycles. The number of hydrogen-bond acceptors (Lipinski definition) is 2. The lowest BCUT2D eigenvalue weighted by atomic mass is 10.1. The second-order valence-electron chi connectivity index (χ2n) is 5.78. The fourth-order valence-corrected chi connectivity index (χ4v) is 2.88. The quantitative estimate of drug-likeness (QED) is 0.802. The second kappa shape index (κ2) is 5.74. The molecule has 120 valence electrons. The number of halogens is 1. The van der Waals surface area contributed by atoms with E-state index in [0.29, 0.717) is 17.4 Å². The van der Waals surface area contributed by atoms with Crippen molar-refractivity contribution in [3.8, 4) is 0 Å². The first kappa shape index (κ1) is 15.6. The molecule has 0 saturated heterocycles. The molecule has 0 spiro atoms. The first-order valence-electron chi connectivity index (χ1n) is 7.40. The number of nitrogens with zero attached hydrogens (tertiary/aromatic N) is 3. The summed E-state index contributed by atoms with van der Waals surface area (Å²) in [7, 11) is 3.87. The predicted molar refractivity (Wildman–Crippen MR) is 91.8 cm³/mol. The Hall–Kier alpha value is -2.27. The first-order valence-corrected chi connectivity index (χ1v) is 7.78. The number of benzene rings is 1. The fourth-order valence-electron chi connectivity index (χ4n) is 2.70. The van der Waals surface area contributed by atoms with Gasteiger partial charge in [-0.2, -0.15) is 0 Å². The normalized spacial score (nSPS) is 11.2. The molecular formula is C17H19ClN4O. The number of fused-ring (bicyclic) bond motifs is 1. The molecule has 6 heteroatoms. The smallest absolute Gasteiger partial charge is 0.251 e. The minimum Gasteiger partial charge on any atom is -0.352 e. The van der Waals surface area contributed by atoms with Crippen LogP contribution in [0.3, 0.4) is 0 Å². The van der Waals surface area contributed by atoms with Crippen molar-refractivity contribution in [2.24, 2.45) is 14.1 Å². The maximum absolute atomic E-state index is 12.4. The molecule has 1 amide bonds. The Balaban J connectivity index is 1.79. The van der Waals surface area contributed by atoms with Crippen molar-refractivity contribution >= 4 is 28.5 Å². The average molecular weight is 331 g/mol. The van der Waals surface area contributed by atoms with Crippen molar-refractivity contribution in [2.75, 3.05) is 0 Å². The van der Waals surface area contributed by atoms with Crippen LogP contribution in [0.4, 0.5) is 0 Å². The van der Waals surface area contributed by atoms with Gasteiger partial charge in [0.2, 0.25) is 5.28 Å². The highest BCUT2D eigenvalue weighted by molar-refractivity contribution is 6.29. The summed E-state index contributed by atoms with van der Waals surface area (Å²) in [4.78, 5) is 16.6. The van der Waals surface area contributed by atoms with E-state index in [1.165, 1.54) is 5.69 Å². The van der Waals surface area contributed by atoms with Gasteiger partial charge in [-0.05, 0) is 55.3 Å². The summed E-state index contributed by atoms with van der Waals surface area (Å²) in [6.07, 6.45) is 0. The van der Waals surface area contributed by atoms with Gasteiger partial charge in [-0.3, -0.25) is 4.79 Å². The lowest BCUT2D eigenvalue weighted by Gasteiger charge is -2.06. The lowest BCUT2D eigenvalue weighted by molar-refractivity contribution is 0.0951. The van der Waals surface area contributed by atoms with E-state index in [4.69, 9.17) is 11.6 Å². The van der Waals surface area contributed by atoms with Crippen molar-refractivity contribution in [1.82, 2.24) is 19.4 Å². The van der Waals surface area contributed by atoms with Crippen LogP contribution in [0.5, 0.6) is 0 Å². The number of nitrogens with one attached hydrogen (secondary N) is 1. The highest BCUT2D eigenvalue weighted by atomic mass is 35.5. The Morgan fingerprint density at radius 3 is 2.61 bits per heavy atom. The summed E-state index contributed by atoms with van der Waals surface area (Å²) in [5.41, 5.74) is 5.67. The number of aryl methyl sites for hydroxylation is 2. The molecule has 1 N–H and O–H groups in total. The van der Waals surface area contributed by atoms with E-state index in [1.54, 1.807) is 16.7 Å². The van der Waals surface area contributed by atoms with Crippen molar-refractivity contribution in [2.45, 2.75) is 20.4 Å². The number of aromatic nitrogens is 3. The van der Waals surface area contributed by atoms with Crippen molar-refractivity contribution in [3.63, 3.8) is 0 Å². The summed E-state index contributed by atoms with van der Waals surface area (Å²) in [5.74, 6) is -0.116. The van der Waals surface area contributed by atoms with Gasteiger partial charge in [-0.15, -0.1) is 0 Å². The summed E-state index contributed by atoms with van der Waals surface area (Å²) < 4.78 is 3.90. The van der Waals surface area contributed by atoms with E-state index >= 15 is 0 Å². The largest absolute Gasteiger partial charge is 0.352 e. The Morgan fingerprint density at radius 2 is 1.96 bits per heavy atom. The molecule has 0 saturated carbocycles. The summed E-state index contributed by atoms with van der Waals surface area (Å²) >= 11 is 6.01. The van der Waals surface area contributed by atoms with Crippen LogP contribution in [0.25, 0.3) is 11.0 Å². The SMILES string of the molecule is Cc1cc(CNC(=O)c2ccc3c(c2)nc(Cl)n3C)c(C)n1C. The maximum Gasteiger partial charge on any atom is 0.251 e. The van der Waals surface area contributed by atoms with Gasteiger partial charge in [0.15, 0.2) is 0 Å². The molecule has 1 aromatic carbocycles. The van der Waals surface area contributed by atoms with E-state index in [9.17, 15) is 4.79 Å². The van der Waals surface area contributed by atoms with Crippen molar-refractivity contribution in [3.05, 3.63) is 52.1 Å².